The first-order chi connectivity index (χ1) is 11.1. The number of nitrogens with one attached hydrogen (secondary N) is 1. The highest BCUT2D eigenvalue weighted by atomic mass is 35.5. The fraction of sp³-hybridized carbons (Fsp3) is 0.357. The number of hydrogen-bond acceptors (Lipinski definition) is 6. The number of amides is 1. The number of carbonyl (C=O) groups excluding carboxylic acids is 1. The first-order valence-electron chi connectivity index (χ1n) is 7.05. The number of nitrogens with two attached hydrogens (primary N) is 1. The molecule has 1 aromatic carbocycles. The Balaban J connectivity index is 1.63. The molecule has 7 nitrogen and oxygen atoms in total. The van der Waals surface area contributed by atoms with Crippen LogP contribution in [-0.2, 0) is 4.79 Å². The van der Waals surface area contributed by atoms with E-state index in [1.807, 2.05) is 4.57 Å². The Morgan fingerprint density at radius 1 is 1.52 bits per heavy atom. The van der Waals surface area contributed by atoms with Crippen LogP contribution in [0.3, 0.4) is 0 Å². The first kappa shape index (κ1) is 15.9. The molecule has 1 aromatic heterocycles. The zero-order chi connectivity index (χ0) is 16.4. The zero-order valence-electron chi connectivity index (χ0n) is 12.5. The summed E-state index contributed by atoms with van der Waals surface area (Å²) in [5.74, 6) is 0.963. The van der Waals surface area contributed by atoms with Gasteiger partial charge in [-0.1, -0.05) is 23.4 Å². The maximum atomic E-state index is 12.1. The number of aromatic nitrogens is 3. The lowest BCUT2D eigenvalue weighted by atomic mass is 10.3. The van der Waals surface area contributed by atoms with Gasteiger partial charge in [-0.3, -0.25) is 9.36 Å². The van der Waals surface area contributed by atoms with Gasteiger partial charge in [0, 0.05) is 11.1 Å². The standard InChI is InChI=1S/C14H16ClN5O2S/c1-22-11-5-2-8(15)6-10(11)17-12(21)7-23-14-19-18-13(16)20(14)9-3-4-9/h2,5-6,9H,3-4,7H2,1H3,(H2,16,18)(H,17,21). The molecule has 0 atom stereocenters. The van der Waals surface area contributed by atoms with Gasteiger partial charge in [0.1, 0.15) is 5.75 Å². The van der Waals surface area contributed by atoms with Crippen LogP contribution in [-0.4, -0.2) is 33.5 Å². The maximum absolute atomic E-state index is 12.1. The summed E-state index contributed by atoms with van der Waals surface area (Å²) in [6.45, 7) is 0. The van der Waals surface area contributed by atoms with Gasteiger partial charge in [-0.25, -0.2) is 0 Å². The van der Waals surface area contributed by atoms with Gasteiger partial charge >= 0.3 is 0 Å². The van der Waals surface area contributed by atoms with Gasteiger partial charge < -0.3 is 15.8 Å². The van der Waals surface area contributed by atoms with Crippen molar-refractivity contribution in [3.05, 3.63) is 23.2 Å². The lowest BCUT2D eigenvalue weighted by molar-refractivity contribution is -0.113. The van der Waals surface area contributed by atoms with Crippen LogP contribution in [0.4, 0.5) is 11.6 Å². The highest BCUT2D eigenvalue weighted by Gasteiger charge is 2.29. The maximum Gasteiger partial charge on any atom is 0.234 e. The second-order valence-electron chi connectivity index (χ2n) is 5.12. The number of halogens is 1. The Kier molecular flexibility index (Phi) is 4.63. The Morgan fingerprint density at radius 2 is 2.30 bits per heavy atom. The number of anilines is 2. The molecular weight excluding hydrogens is 338 g/mol. The summed E-state index contributed by atoms with van der Waals surface area (Å²) in [4.78, 5) is 12.1. The molecule has 1 aliphatic carbocycles. The van der Waals surface area contributed by atoms with Gasteiger partial charge in [0.2, 0.25) is 11.9 Å². The van der Waals surface area contributed by atoms with Crippen LogP contribution >= 0.6 is 23.4 Å². The molecule has 0 unspecified atom stereocenters. The van der Waals surface area contributed by atoms with E-state index in [4.69, 9.17) is 22.1 Å². The molecule has 2 aromatic rings. The van der Waals surface area contributed by atoms with Crippen molar-refractivity contribution in [3.8, 4) is 5.75 Å². The lowest BCUT2D eigenvalue weighted by Gasteiger charge is -2.10. The molecule has 1 fully saturated rings. The first-order valence-corrected chi connectivity index (χ1v) is 8.41. The van der Waals surface area contributed by atoms with E-state index in [1.165, 1.54) is 18.9 Å². The lowest BCUT2D eigenvalue weighted by Crippen LogP contribution is -2.15. The van der Waals surface area contributed by atoms with Gasteiger partial charge in [-0.05, 0) is 31.0 Å². The van der Waals surface area contributed by atoms with Crippen LogP contribution in [0.2, 0.25) is 5.02 Å². The van der Waals surface area contributed by atoms with Crippen LogP contribution in [0, 0.1) is 0 Å². The predicted octanol–water partition coefficient (Wildman–Crippen LogP) is 2.59. The minimum Gasteiger partial charge on any atom is -0.495 e. The highest BCUT2D eigenvalue weighted by molar-refractivity contribution is 7.99. The van der Waals surface area contributed by atoms with Crippen molar-refractivity contribution in [1.82, 2.24) is 14.8 Å². The smallest absolute Gasteiger partial charge is 0.234 e. The summed E-state index contributed by atoms with van der Waals surface area (Å²) in [7, 11) is 1.54. The van der Waals surface area contributed by atoms with Gasteiger partial charge in [-0.2, -0.15) is 0 Å². The molecule has 1 aliphatic rings. The summed E-state index contributed by atoms with van der Waals surface area (Å²) < 4.78 is 7.09. The third-order valence-electron chi connectivity index (χ3n) is 3.37. The van der Waals surface area contributed by atoms with Gasteiger partial charge in [0.05, 0.1) is 18.6 Å². The SMILES string of the molecule is COc1ccc(Cl)cc1NC(=O)CSc1nnc(N)n1C1CC1. The van der Waals surface area contributed by atoms with Crippen molar-refractivity contribution in [2.75, 3.05) is 23.9 Å². The molecule has 122 valence electrons. The van der Waals surface area contributed by atoms with Crippen LogP contribution < -0.4 is 15.8 Å². The Morgan fingerprint density at radius 3 is 3.00 bits per heavy atom. The third-order valence-corrected chi connectivity index (χ3v) is 4.55. The monoisotopic (exact) mass is 353 g/mol. The molecule has 1 saturated carbocycles. The van der Waals surface area contributed by atoms with Crippen molar-refractivity contribution in [2.45, 2.75) is 24.0 Å². The summed E-state index contributed by atoms with van der Waals surface area (Å²) in [5, 5.41) is 11.9. The largest absolute Gasteiger partial charge is 0.495 e. The molecule has 1 amide bonds. The topological polar surface area (TPSA) is 95.1 Å². The average molecular weight is 354 g/mol. The molecule has 1 heterocycles. The fourth-order valence-electron chi connectivity index (χ4n) is 2.16. The fourth-order valence-corrected chi connectivity index (χ4v) is 3.14. The third kappa shape index (κ3) is 3.70. The van der Waals surface area contributed by atoms with Crippen molar-refractivity contribution in [1.29, 1.82) is 0 Å². The summed E-state index contributed by atoms with van der Waals surface area (Å²) in [5.41, 5.74) is 6.35. The molecule has 23 heavy (non-hydrogen) atoms. The summed E-state index contributed by atoms with van der Waals surface area (Å²) in [6, 6.07) is 5.41. The van der Waals surface area contributed by atoms with E-state index in [0.29, 0.717) is 33.6 Å². The van der Waals surface area contributed by atoms with Crippen LogP contribution in [0.5, 0.6) is 5.75 Å². The van der Waals surface area contributed by atoms with E-state index in [9.17, 15) is 4.79 Å². The number of rotatable bonds is 6. The summed E-state index contributed by atoms with van der Waals surface area (Å²) >= 11 is 7.25. The quantitative estimate of drug-likeness (QED) is 0.775. The van der Waals surface area contributed by atoms with Crippen LogP contribution in [0.15, 0.2) is 23.4 Å². The van der Waals surface area contributed by atoms with E-state index in [1.54, 1.807) is 18.2 Å². The molecule has 3 rings (SSSR count). The molecule has 0 spiro atoms. The number of nitrogens with zero attached hydrogens (tertiary/aromatic N) is 3. The number of methoxy groups -OCH3 is 1. The molecular formula is C14H16ClN5O2S. The second kappa shape index (κ2) is 6.67. The van der Waals surface area contributed by atoms with E-state index in [0.717, 1.165) is 12.8 Å². The van der Waals surface area contributed by atoms with E-state index in [-0.39, 0.29) is 11.7 Å². The molecule has 3 N–H and O–H groups in total. The number of nitrogen functional groups attached to an aromatic ring is 1. The van der Waals surface area contributed by atoms with Crippen LogP contribution in [0.1, 0.15) is 18.9 Å². The number of benzene rings is 1. The molecule has 9 heteroatoms. The zero-order valence-corrected chi connectivity index (χ0v) is 14.0. The molecule has 0 radical (unpaired) electrons. The van der Waals surface area contributed by atoms with Gasteiger partial charge in [-0.15, -0.1) is 10.2 Å². The predicted molar refractivity (Wildman–Crippen MR) is 90.1 cm³/mol. The van der Waals surface area contributed by atoms with Gasteiger partial charge in [0.15, 0.2) is 5.16 Å². The van der Waals surface area contributed by atoms with E-state index < -0.39 is 0 Å². The number of carbonyl (C=O) groups is 1. The molecule has 0 bridgehead atoms. The molecule has 0 aliphatic heterocycles. The highest BCUT2D eigenvalue weighted by Crippen LogP contribution is 2.39. The second-order valence-corrected chi connectivity index (χ2v) is 6.50. The van der Waals surface area contributed by atoms with Crippen molar-refractivity contribution >= 4 is 40.9 Å². The van der Waals surface area contributed by atoms with Crippen molar-refractivity contribution in [3.63, 3.8) is 0 Å². The molecule has 0 saturated heterocycles. The number of hydrogen-bond donors (Lipinski definition) is 2. The number of thioether (sulfide) groups is 1. The Bertz CT molecular complexity index is 732. The Labute approximate surface area is 142 Å². The average Bonchev–Trinajstić information content (AvgIpc) is 3.29. The minimum absolute atomic E-state index is 0.181. The minimum atomic E-state index is -0.181. The van der Waals surface area contributed by atoms with Crippen molar-refractivity contribution < 1.29 is 9.53 Å². The number of ether oxygens (including phenoxy) is 1. The van der Waals surface area contributed by atoms with E-state index >= 15 is 0 Å². The Hall–Kier alpha value is -1.93. The summed E-state index contributed by atoms with van der Waals surface area (Å²) in [6.07, 6.45) is 2.14. The van der Waals surface area contributed by atoms with Crippen molar-refractivity contribution in [2.24, 2.45) is 0 Å². The normalized spacial score (nSPS) is 13.8. The van der Waals surface area contributed by atoms with Crippen LogP contribution in [0.25, 0.3) is 0 Å². The van der Waals surface area contributed by atoms with E-state index in [2.05, 4.69) is 15.5 Å². The van der Waals surface area contributed by atoms with Gasteiger partial charge in [0.25, 0.3) is 0 Å².